The van der Waals surface area contributed by atoms with Crippen LogP contribution >= 0.6 is 0 Å². The number of H-pyrrole nitrogens is 1. The van der Waals surface area contributed by atoms with Crippen LogP contribution in [0.1, 0.15) is 11.3 Å². The van der Waals surface area contributed by atoms with Crippen LogP contribution in [0.25, 0.3) is 0 Å². The Kier molecular flexibility index (Phi) is 9.32. The van der Waals surface area contributed by atoms with E-state index in [1.165, 1.54) is 24.7 Å². The molecule has 9 N–H and O–H groups in total. The van der Waals surface area contributed by atoms with Crippen molar-refractivity contribution < 1.29 is 34.5 Å². The van der Waals surface area contributed by atoms with Crippen molar-refractivity contribution in [2.45, 2.75) is 31.0 Å². The minimum absolute atomic E-state index is 0.0113. The number of aliphatic carboxylic acids is 1. The van der Waals surface area contributed by atoms with E-state index >= 15 is 0 Å². The Balaban J connectivity index is 2.21. The molecule has 3 amide bonds. The molecule has 0 aliphatic heterocycles. The Hall–Kier alpha value is -3.97. The summed E-state index contributed by atoms with van der Waals surface area (Å²) in [5.41, 5.74) is 6.61. The summed E-state index contributed by atoms with van der Waals surface area (Å²) < 4.78 is 0. The first-order chi connectivity index (χ1) is 15.7. The maximum Gasteiger partial charge on any atom is 0.322 e. The quantitative estimate of drug-likeness (QED) is 0.165. The van der Waals surface area contributed by atoms with Gasteiger partial charge in [-0.15, -0.1) is 0 Å². The van der Waals surface area contributed by atoms with E-state index in [1.807, 2.05) is 0 Å². The molecule has 3 unspecified atom stereocenters. The molecular weight excluding hydrogens is 436 g/mol. The van der Waals surface area contributed by atoms with E-state index < -0.39 is 55.0 Å². The maximum atomic E-state index is 13.0. The lowest BCUT2D eigenvalue weighted by molar-refractivity contribution is -0.138. The van der Waals surface area contributed by atoms with Gasteiger partial charge in [-0.05, 0) is 17.7 Å². The number of aliphatic hydroxyl groups excluding tert-OH is 1. The Morgan fingerprint density at radius 2 is 1.64 bits per heavy atom. The summed E-state index contributed by atoms with van der Waals surface area (Å²) in [6.07, 6.45) is 2.81. The Morgan fingerprint density at radius 3 is 2.21 bits per heavy atom. The van der Waals surface area contributed by atoms with Gasteiger partial charge in [0.15, 0.2) is 0 Å². The molecule has 0 saturated carbocycles. The molecule has 1 aromatic heterocycles. The van der Waals surface area contributed by atoms with E-state index in [1.54, 1.807) is 12.1 Å². The Morgan fingerprint density at radius 1 is 1.00 bits per heavy atom. The molecule has 178 valence electrons. The van der Waals surface area contributed by atoms with Gasteiger partial charge >= 0.3 is 5.97 Å². The number of nitrogens with two attached hydrogens (primary N) is 1. The van der Waals surface area contributed by atoms with Crippen molar-refractivity contribution in [2.24, 2.45) is 5.73 Å². The number of imidazole rings is 1. The lowest BCUT2D eigenvalue weighted by atomic mass is 10.0. The van der Waals surface area contributed by atoms with Crippen LogP contribution in [-0.2, 0) is 32.0 Å². The zero-order valence-corrected chi connectivity index (χ0v) is 17.5. The summed E-state index contributed by atoms with van der Waals surface area (Å²) in [7, 11) is 0. The fourth-order valence-corrected chi connectivity index (χ4v) is 2.82. The van der Waals surface area contributed by atoms with Crippen molar-refractivity contribution in [3.05, 3.63) is 48.0 Å². The van der Waals surface area contributed by atoms with Crippen LogP contribution in [0.3, 0.4) is 0 Å². The molecule has 0 saturated heterocycles. The van der Waals surface area contributed by atoms with Gasteiger partial charge in [0.1, 0.15) is 30.4 Å². The molecular formula is C20H26N6O7. The van der Waals surface area contributed by atoms with Crippen LogP contribution in [0, 0.1) is 0 Å². The fraction of sp³-hybridized carbons (Fsp3) is 0.350. The Bertz CT molecular complexity index is 948. The Labute approximate surface area is 188 Å². The molecule has 2 rings (SSSR count). The van der Waals surface area contributed by atoms with E-state index in [2.05, 4.69) is 25.9 Å². The smallest absolute Gasteiger partial charge is 0.322 e. The third kappa shape index (κ3) is 8.23. The van der Waals surface area contributed by atoms with Crippen molar-refractivity contribution in [2.75, 3.05) is 13.2 Å². The number of nitrogens with one attached hydrogen (secondary N) is 4. The number of carbonyl (C=O) groups excluding carboxylic acids is 3. The third-order valence-corrected chi connectivity index (χ3v) is 4.57. The number of phenolic OH excluding ortho intramolecular Hbond substituents is 1. The number of nitrogens with zero attached hydrogens (tertiary/aromatic N) is 1. The minimum atomic E-state index is -1.26. The summed E-state index contributed by atoms with van der Waals surface area (Å²) in [5.74, 6) is -3.52. The summed E-state index contributed by atoms with van der Waals surface area (Å²) in [6, 6.07) is 2.28. The van der Waals surface area contributed by atoms with Gasteiger partial charge in [-0.3, -0.25) is 19.2 Å². The summed E-state index contributed by atoms with van der Waals surface area (Å²) >= 11 is 0. The summed E-state index contributed by atoms with van der Waals surface area (Å²) in [6.45, 7) is -1.29. The predicted molar refractivity (Wildman–Crippen MR) is 114 cm³/mol. The molecule has 1 aromatic carbocycles. The molecule has 0 spiro atoms. The van der Waals surface area contributed by atoms with E-state index in [9.17, 15) is 24.3 Å². The number of phenols is 1. The van der Waals surface area contributed by atoms with Crippen molar-refractivity contribution >= 4 is 23.7 Å². The number of hydrogen-bond acceptors (Lipinski definition) is 8. The number of aliphatic hydroxyl groups is 1. The number of aromatic hydroxyl groups is 1. The number of aromatic amines is 1. The van der Waals surface area contributed by atoms with Gasteiger partial charge < -0.3 is 42.0 Å². The van der Waals surface area contributed by atoms with E-state index in [4.69, 9.17) is 15.9 Å². The SMILES string of the molecule is NC(CO)C(=O)NC(Cc1cnc[nH]1)C(=O)NC(Cc1ccc(O)cc1)C(=O)NCC(=O)O. The molecule has 0 fully saturated rings. The largest absolute Gasteiger partial charge is 0.508 e. The van der Waals surface area contributed by atoms with Gasteiger partial charge in [0, 0.05) is 24.7 Å². The van der Waals surface area contributed by atoms with Crippen LogP contribution in [0.2, 0.25) is 0 Å². The van der Waals surface area contributed by atoms with E-state index in [-0.39, 0.29) is 18.6 Å². The van der Waals surface area contributed by atoms with Crippen molar-refractivity contribution in [3.63, 3.8) is 0 Å². The molecule has 1 heterocycles. The maximum absolute atomic E-state index is 13.0. The standard InChI is InChI=1S/C20H26N6O7/c21-14(9-27)18(31)25-16(6-12-7-22-10-24-12)20(33)26-15(19(32)23-8-17(29)30)5-11-1-3-13(28)4-2-11/h1-4,7,10,14-16,27-28H,5-6,8-9,21H2,(H,22,24)(H,23,32)(H,25,31)(H,26,33)(H,29,30). The highest BCUT2D eigenvalue weighted by molar-refractivity contribution is 5.94. The number of carboxylic acids is 1. The average molecular weight is 462 g/mol. The molecule has 33 heavy (non-hydrogen) atoms. The monoisotopic (exact) mass is 462 g/mol. The molecule has 0 aliphatic carbocycles. The van der Waals surface area contributed by atoms with Crippen LogP contribution in [0.4, 0.5) is 0 Å². The number of aromatic nitrogens is 2. The normalized spacial score (nSPS) is 13.4. The van der Waals surface area contributed by atoms with E-state index in [0.29, 0.717) is 11.3 Å². The first-order valence-corrected chi connectivity index (χ1v) is 9.91. The first kappa shape index (κ1) is 25.3. The average Bonchev–Trinajstić information content (AvgIpc) is 3.30. The van der Waals surface area contributed by atoms with Gasteiger partial charge in [-0.2, -0.15) is 0 Å². The van der Waals surface area contributed by atoms with Crippen LogP contribution in [-0.4, -0.2) is 80.3 Å². The van der Waals surface area contributed by atoms with Gasteiger partial charge in [0.2, 0.25) is 17.7 Å². The van der Waals surface area contributed by atoms with Gasteiger partial charge in [-0.25, -0.2) is 4.98 Å². The third-order valence-electron chi connectivity index (χ3n) is 4.57. The number of carboxylic acid groups (broad SMARTS) is 1. The van der Waals surface area contributed by atoms with Crippen molar-refractivity contribution in [1.29, 1.82) is 0 Å². The molecule has 0 bridgehead atoms. The second-order valence-electron chi connectivity index (χ2n) is 7.17. The molecule has 13 heteroatoms. The lowest BCUT2D eigenvalue weighted by Gasteiger charge is -2.23. The van der Waals surface area contributed by atoms with E-state index in [0.717, 1.165) is 0 Å². The second-order valence-corrected chi connectivity index (χ2v) is 7.17. The molecule has 3 atom stereocenters. The van der Waals surface area contributed by atoms with Crippen molar-refractivity contribution in [3.8, 4) is 5.75 Å². The van der Waals surface area contributed by atoms with Gasteiger partial charge in [0.25, 0.3) is 0 Å². The zero-order chi connectivity index (χ0) is 24.4. The highest BCUT2D eigenvalue weighted by Gasteiger charge is 2.29. The summed E-state index contributed by atoms with van der Waals surface area (Å²) in [4.78, 5) is 55.2. The molecule has 0 radical (unpaired) electrons. The zero-order valence-electron chi connectivity index (χ0n) is 17.5. The second kappa shape index (κ2) is 12.2. The molecule has 0 aliphatic rings. The first-order valence-electron chi connectivity index (χ1n) is 9.91. The predicted octanol–water partition coefficient (Wildman–Crippen LogP) is -2.61. The number of amides is 3. The van der Waals surface area contributed by atoms with Gasteiger partial charge in [-0.1, -0.05) is 12.1 Å². The lowest BCUT2D eigenvalue weighted by Crippen LogP contribution is -2.57. The van der Waals surface area contributed by atoms with Crippen LogP contribution in [0.15, 0.2) is 36.8 Å². The highest BCUT2D eigenvalue weighted by atomic mass is 16.4. The summed E-state index contributed by atoms with van der Waals surface area (Å²) in [5, 5.41) is 34.5. The number of hydrogen-bond donors (Lipinski definition) is 8. The topological polar surface area (TPSA) is 220 Å². The highest BCUT2D eigenvalue weighted by Crippen LogP contribution is 2.12. The molecule has 13 nitrogen and oxygen atoms in total. The fourth-order valence-electron chi connectivity index (χ4n) is 2.82. The number of benzene rings is 1. The minimum Gasteiger partial charge on any atom is -0.508 e. The number of rotatable bonds is 12. The van der Waals surface area contributed by atoms with Gasteiger partial charge in [0.05, 0.1) is 12.9 Å². The van der Waals surface area contributed by atoms with Crippen LogP contribution < -0.4 is 21.7 Å². The van der Waals surface area contributed by atoms with Crippen LogP contribution in [0.5, 0.6) is 5.75 Å². The molecule has 2 aromatic rings. The van der Waals surface area contributed by atoms with Crippen molar-refractivity contribution in [1.82, 2.24) is 25.9 Å². The number of carbonyl (C=O) groups is 4.